The zero-order valence-corrected chi connectivity index (χ0v) is 12.4. The number of urea groups is 1. The molecule has 0 aromatic rings. The molecule has 2 N–H and O–H groups in total. The molecule has 6 nitrogen and oxygen atoms in total. The van der Waals surface area contributed by atoms with Crippen LogP contribution in [0.1, 0.15) is 46.0 Å². The monoisotopic (exact) mass is 283 g/mol. The molecule has 0 heterocycles. The largest absolute Gasteiger partial charge is 0.481 e. The van der Waals surface area contributed by atoms with E-state index in [0.29, 0.717) is 26.1 Å². The molecule has 20 heavy (non-hydrogen) atoms. The Morgan fingerprint density at radius 3 is 2.50 bits per heavy atom. The number of amides is 2. The number of rotatable bonds is 10. The van der Waals surface area contributed by atoms with Gasteiger partial charge in [0.25, 0.3) is 0 Å². The Morgan fingerprint density at radius 2 is 1.95 bits per heavy atom. The van der Waals surface area contributed by atoms with E-state index in [2.05, 4.69) is 11.4 Å². The van der Waals surface area contributed by atoms with E-state index in [1.807, 2.05) is 6.92 Å². The van der Waals surface area contributed by atoms with Crippen molar-refractivity contribution >= 4 is 12.0 Å². The molecule has 0 saturated heterocycles. The minimum Gasteiger partial charge on any atom is -0.481 e. The van der Waals surface area contributed by atoms with Crippen LogP contribution in [0.4, 0.5) is 4.79 Å². The topological polar surface area (TPSA) is 93.4 Å². The lowest BCUT2D eigenvalue weighted by molar-refractivity contribution is -0.137. The van der Waals surface area contributed by atoms with Gasteiger partial charge in [0, 0.05) is 26.1 Å². The van der Waals surface area contributed by atoms with Crippen molar-refractivity contribution in [3.63, 3.8) is 0 Å². The van der Waals surface area contributed by atoms with Gasteiger partial charge in [0.05, 0.1) is 12.0 Å². The first-order chi connectivity index (χ1) is 9.51. The fraction of sp³-hybridized carbons (Fsp3) is 0.786. The number of nitrogens with zero attached hydrogens (tertiary/aromatic N) is 2. The van der Waals surface area contributed by atoms with E-state index in [1.54, 1.807) is 11.8 Å². The number of carboxylic acid groups (broad SMARTS) is 1. The summed E-state index contributed by atoms with van der Waals surface area (Å²) in [5, 5.41) is 20.1. The van der Waals surface area contributed by atoms with Crippen LogP contribution < -0.4 is 5.32 Å². The van der Waals surface area contributed by atoms with Crippen LogP contribution in [0.15, 0.2) is 0 Å². The van der Waals surface area contributed by atoms with Crippen molar-refractivity contribution in [3.8, 4) is 6.07 Å². The van der Waals surface area contributed by atoms with Gasteiger partial charge in [-0.3, -0.25) is 4.79 Å². The zero-order valence-electron chi connectivity index (χ0n) is 12.4. The van der Waals surface area contributed by atoms with Gasteiger partial charge in [-0.05, 0) is 26.7 Å². The second-order valence-corrected chi connectivity index (χ2v) is 4.86. The summed E-state index contributed by atoms with van der Waals surface area (Å²) in [6, 6.07) is 1.98. The van der Waals surface area contributed by atoms with Gasteiger partial charge < -0.3 is 15.3 Å². The molecule has 0 aromatic carbocycles. The second kappa shape index (κ2) is 11.1. The molecule has 6 heteroatoms. The second-order valence-electron chi connectivity index (χ2n) is 4.86. The summed E-state index contributed by atoms with van der Waals surface area (Å²) < 4.78 is 0. The third-order valence-corrected chi connectivity index (χ3v) is 2.98. The number of carbonyl (C=O) groups is 2. The van der Waals surface area contributed by atoms with Crippen molar-refractivity contribution in [1.82, 2.24) is 10.2 Å². The molecule has 0 aromatic heterocycles. The van der Waals surface area contributed by atoms with Gasteiger partial charge in [-0.25, -0.2) is 4.79 Å². The number of nitriles is 1. The van der Waals surface area contributed by atoms with E-state index in [4.69, 9.17) is 10.4 Å². The number of nitrogens with one attached hydrogen (secondary N) is 1. The van der Waals surface area contributed by atoms with Gasteiger partial charge in [0.15, 0.2) is 0 Å². The minimum atomic E-state index is -0.761. The average molecular weight is 283 g/mol. The van der Waals surface area contributed by atoms with Gasteiger partial charge in [0.2, 0.25) is 0 Å². The van der Waals surface area contributed by atoms with E-state index < -0.39 is 5.97 Å². The molecule has 0 rings (SSSR count). The number of hydrogen-bond acceptors (Lipinski definition) is 3. The number of carboxylic acids is 1. The molecule has 2 amide bonds. The van der Waals surface area contributed by atoms with Crippen LogP contribution in [0.5, 0.6) is 0 Å². The Kier molecular flexibility index (Phi) is 10.1. The summed E-state index contributed by atoms with van der Waals surface area (Å²) >= 11 is 0. The highest BCUT2D eigenvalue weighted by atomic mass is 16.4. The van der Waals surface area contributed by atoms with Gasteiger partial charge in [0.1, 0.15) is 0 Å². The summed E-state index contributed by atoms with van der Waals surface area (Å²) in [5.41, 5.74) is 0. The van der Waals surface area contributed by atoms with Crippen molar-refractivity contribution in [2.75, 3.05) is 19.6 Å². The lowest BCUT2D eigenvalue weighted by atomic mass is 10.1. The summed E-state index contributed by atoms with van der Waals surface area (Å²) in [4.78, 5) is 23.8. The molecule has 1 unspecified atom stereocenters. The Labute approximate surface area is 120 Å². The van der Waals surface area contributed by atoms with Gasteiger partial charge >= 0.3 is 12.0 Å². The Balaban J connectivity index is 3.70. The van der Waals surface area contributed by atoms with E-state index in [9.17, 15) is 9.59 Å². The van der Waals surface area contributed by atoms with Crippen molar-refractivity contribution in [2.24, 2.45) is 5.92 Å². The Morgan fingerprint density at radius 1 is 1.30 bits per heavy atom. The highest BCUT2D eigenvalue weighted by Gasteiger charge is 2.13. The minimum absolute atomic E-state index is 0.139. The maximum atomic E-state index is 11.8. The molecular formula is C14H25N3O3. The Hall–Kier alpha value is -1.77. The van der Waals surface area contributed by atoms with E-state index in [1.165, 1.54) is 0 Å². The first kappa shape index (κ1) is 18.2. The van der Waals surface area contributed by atoms with Gasteiger partial charge in [-0.15, -0.1) is 0 Å². The molecule has 0 saturated carbocycles. The van der Waals surface area contributed by atoms with Crippen molar-refractivity contribution < 1.29 is 14.7 Å². The molecule has 0 radical (unpaired) electrons. The quantitative estimate of drug-likeness (QED) is 0.601. The number of hydrogen-bond donors (Lipinski definition) is 2. The van der Waals surface area contributed by atoms with Crippen LogP contribution in [-0.2, 0) is 4.79 Å². The summed E-state index contributed by atoms with van der Waals surface area (Å²) in [7, 11) is 0. The van der Waals surface area contributed by atoms with E-state index >= 15 is 0 Å². The predicted octanol–water partition coefficient (Wildman–Crippen LogP) is 2.21. The molecule has 0 fully saturated rings. The third-order valence-electron chi connectivity index (χ3n) is 2.98. The van der Waals surface area contributed by atoms with Crippen molar-refractivity contribution in [3.05, 3.63) is 0 Å². The van der Waals surface area contributed by atoms with Crippen LogP contribution in [-0.4, -0.2) is 41.6 Å². The van der Waals surface area contributed by atoms with Crippen LogP contribution >= 0.6 is 0 Å². The molecule has 0 bridgehead atoms. The molecule has 1 atom stereocenters. The third kappa shape index (κ3) is 9.20. The highest BCUT2D eigenvalue weighted by Crippen LogP contribution is 2.03. The summed E-state index contributed by atoms with van der Waals surface area (Å²) in [6.45, 7) is 5.28. The number of carbonyl (C=O) groups excluding carboxylic acids is 1. The zero-order chi connectivity index (χ0) is 15.4. The summed E-state index contributed by atoms with van der Waals surface area (Å²) in [5.74, 6) is -0.930. The molecular weight excluding hydrogens is 258 g/mol. The molecule has 0 aliphatic carbocycles. The van der Waals surface area contributed by atoms with Crippen LogP contribution in [0, 0.1) is 17.2 Å². The summed E-state index contributed by atoms with van der Waals surface area (Å²) in [6.07, 6.45) is 3.52. The van der Waals surface area contributed by atoms with Crippen LogP contribution in [0.25, 0.3) is 0 Å². The highest BCUT2D eigenvalue weighted by molar-refractivity contribution is 5.74. The maximum Gasteiger partial charge on any atom is 0.317 e. The van der Waals surface area contributed by atoms with E-state index in [0.717, 1.165) is 19.3 Å². The fourth-order valence-electron chi connectivity index (χ4n) is 1.79. The molecule has 0 aliphatic heterocycles. The van der Waals surface area contributed by atoms with E-state index in [-0.39, 0.29) is 18.4 Å². The SMILES string of the molecule is CCN(CC(C)C#N)C(=O)NCCCCCCC(=O)O. The van der Waals surface area contributed by atoms with Gasteiger partial charge in [-0.2, -0.15) is 5.26 Å². The van der Waals surface area contributed by atoms with Crippen LogP contribution in [0.3, 0.4) is 0 Å². The lowest BCUT2D eigenvalue weighted by Gasteiger charge is -2.22. The Bertz CT molecular complexity index is 339. The first-order valence-corrected chi connectivity index (χ1v) is 7.15. The fourth-order valence-corrected chi connectivity index (χ4v) is 1.79. The number of unbranched alkanes of at least 4 members (excludes halogenated alkanes) is 3. The van der Waals surface area contributed by atoms with Crippen LogP contribution in [0.2, 0.25) is 0 Å². The molecule has 114 valence electrons. The molecule has 0 spiro atoms. The van der Waals surface area contributed by atoms with Gasteiger partial charge in [-0.1, -0.05) is 12.8 Å². The normalized spacial score (nSPS) is 11.4. The number of aliphatic carboxylic acids is 1. The maximum absolute atomic E-state index is 11.8. The van der Waals surface area contributed by atoms with Crippen molar-refractivity contribution in [1.29, 1.82) is 5.26 Å². The predicted molar refractivity (Wildman–Crippen MR) is 76.1 cm³/mol. The standard InChI is InChI=1S/C14H25N3O3/c1-3-17(11-12(2)10-15)14(20)16-9-7-5-4-6-8-13(18)19/h12H,3-9,11H2,1-2H3,(H,16,20)(H,18,19). The molecule has 0 aliphatic rings. The van der Waals surface area contributed by atoms with Crippen molar-refractivity contribution in [2.45, 2.75) is 46.0 Å². The first-order valence-electron chi connectivity index (χ1n) is 7.15. The lowest BCUT2D eigenvalue weighted by Crippen LogP contribution is -2.42. The smallest absolute Gasteiger partial charge is 0.317 e. The average Bonchev–Trinajstić information content (AvgIpc) is 2.42.